The van der Waals surface area contributed by atoms with Crippen LogP contribution in [0.5, 0.6) is 0 Å². The van der Waals surface area contributed by atoms with Gasteiger partial charge in [0.1, 0.15) is 0 Å². The number of furan rings is 1. The van der Waals surface area contributed by atoms with E-state index in [4.69, 9.17) is 4.42 Å². The van der Waals surface area contributed by atoms with Crippen molar-refractivity contribution in [2.75, 3.05) is 0 Å². The fourth-order valence-corrected chi connectivity index (χ4v) is 3.97. The SMILES string of the molecule is C[SiH]C.Cc1[cH-]c(C)c(C)c1C.Cc1ccc(-c2cc3c(-c4ccccc4)cccc3[cH-]2)o1.[Cl-].[Cl-].[Zr+4]. The second-order valence-electron chi connectivity index (χ2n) is 8.67. The molecule has 1 heterocycles. The summed E-state index contributed by atoms with van der Waals surface area (Å²) in [5.41, 5.74) is 9.40. The van der Waals surface area contributed by atoms with Gasteiger partial charge in [0.05, 0.1) is 11.5 Å². The molecule has 0 amide bonds. The molecule has 5 rings (SSSR count). The number of fused-ring (bicyclic) bond motifs is 1. The zero-order valence-corrected chi connectivity index (χ0v) is 27.4. The number of halogens is 2. The van der Waals surface area contributed by atoms with E-state index >= 15 is 0 Å². The van der Waals surface area contributed by atoms with Gasteiger partial charge in [0.25, 0.3) is 0 Å². The predicted molar refractivity (Wildman–Crippen MR) is 147 cm³/mol. The Kier molecular flexibility index (Phi) is 15.5. The van der Waals surface area contributed by atoms with Crippen LogP contribution < -0.4 is 24.8 Å². The number of benzene rings is 2. The molecule has 0 spiro atoms. The maximum atomic E-state index is 5.74. The van der Waals surface area contributed by atoms with E-state index < -0.39 is 0 Å². The molecule has 0 aliphatic heterocycles. The molecule has 187 valence electrons. The van der Waals surface area contributed by atoms with E-state index in [1.165, 1.54) is 44.2 Å². The Morgan fingerprint density at radius 1 is 0.694 bits per heavy atom. The summed E-state index contributed by atoms with van der Waals surface area (Å²) in [6, 6.07) is 27.6. The van der Waals surface area contributed by atoms with Gasteiger partial charge < -0.3 is 29.2 Å². The van der Waals surface area contributed by atoms with Crippen LogP contribution in [0.15, 0.2) is 83.3 Å². The first-order chi connectivity index (χ1) is 15.8. The Bertz CT molecular complexity index is 1290. The summed E-state index contributed by atoms with van der Waals surface area (Å²) in [6.45, 7) is 15.1. The minimum absolute atomic E-state index is 0. The molecule has 4 aromatic carbocycles. The van der Waals surface area contributed by atoms with E-state index in [9.17, 15) is 0 Å². The molecular formula is C31H35Cl2OSiZr. The molecule has 5 heteroatoms. The first-order valence-electron chi connectivity index (χ1n) is 11.6. The zero-order chi connectivity index (χ0) is 24.0. The van der Waals surface area contributed by atoms with Gasteiger partial charge in [-0.25, -0.2) is 0 Å². The van der Waals surface area contributed by atoms with E-state index in [0.717, 1.165) is 26.6 Å². The number of hydrogen-bond acceptors (Lipinski definition) is 1. The first kappa shape index (κ1) is 34.4. The van der Waals surface area contributed by atoms with Crippen molar-refractivity contribution in [1.82, 2.24) is 0 Å². The van der Waals surface area contributed by atoms with Gasteiger partial charge in [-0.05, 0) is 24.6 Å². The molecule has 0 saturated carbocycles. The van der Waals surface area contributed by atoms with Crippen molar-refractivity contribution in [2.45, 2.75) is 47.7 Å². The van der Waals surface area contributed by atoms with Crippen LogP contribution in [0, 0.1) is 34.6 Å². The second-order valence-corrected chi connectivity index (χ2v) is 9.82. The summed E-state index contributed by atoms with van der Waals surface area (Å²) < 4.78 is 5.74. The van der Waals surface area contributed by atoms with Crippen LogP contribution in [0.2, 0.25) is 13.1 Å². The molecule has 0 bridgehead atoms. The Morgan fingerprint density at radius 2 is 1.28 bits per heavy atom. The summed E-state index contributed by atoms with van der Waals surface area (Å²) in [4.78, 5) is 0. The largest absolute Gasteiger partial charge is 4.00 e. The normalized spacial score (nSPS) is 9.53. The number of rotatable bonds is 2. The van der Waals surface area contributed by atoms with Crippen LogP contribution in [-0.4, -0.2) is 9.52 Å². The van der Waals surface area contributed by atoms with Crippen LogP contribution in [-0.2, 0) is 26.2 Å². The van der Waals surface area contributed by atoms with E-state index in [1.807, 2.05) is 25.1 Å². The third kappa shape index (κ3) is 8.45. The summed E-state index contributed by atoms with van der Waals surface area (Å²) in [5.74, 6) is 1.88. The predicted octanol–water partition coefficient (Wildman–Crippen LogP) is 2.96. The second kappa shape index (κ2) is 16.3. The van der Waals surface area contributed by atoms with Gasteiger partial charge in [-0.3, -0.25) is 0 Å². The van der Waals surface area contributed by atoms with Crippen molar-refractivity contribution in [2.24, 2.45) is 0 Å². The number of aryl methyl sites for hydroxylation is 3. The van der Waals surface area contributed by atoms with Crippen molar-refractivity contribution < 1.29 is 55.4 Å². The third-order valence-corrected chi connectivity index (χ3v) is 6.04. The quantitative estimate of drug-likeness (QED) is 0.221. The molecule has 0 atom stereocenters. The molecule has 0 aliphatic carbocycles. The van der Waals surface area contributed by atoms with Crippen molar-refractivity contribution in [3.8, 4) is 22.5 Å². The third-order valence-electron chi connectivity index (χ3n) is 6.04. The fraction of sp³-hybridized carbons (Fsp3) is 0.226. The van der Waals surface area contributed by atoms with Crippen LogP contribution >= 0.6 is 0 Å². The van der Waals surface area contributed by atoms with Crippen molar-refractivity contribution >= 4 is 20.3 Å². The van der Waals surface area contributed by atoms with Gasteiger partial charge in [0.2, 0.25) is 0 Å². The zero-order valence-electron chi connectivity index (χ0n) is 22.2. The van der Waals surface area contributed by atoms with Gasteiger partial charge in [0, 0.05) is 9.52 Å². The minimum atomic E-state index is 0. The fourth-order valence-electron chi connectivity index (χ4n) is 3.97. The van der Waals surface area contributed by atoms with E-state index in [2.05, 4.69) is 101 Å². The van der Waals surface area contributed by atoms with Gasteiger partial charge >= 0.3 is 26.2 Å². The summed E-state index contributed by atoms with van der Waals surface area (Å²) in [6.07, 6.45) is 0. The van der Waals surface area contributed by atoms with Crippen LogP contribution in [0.1, 0.15) is 28.0 Å². The van der Waals surface area contributed by atoms with Crippen LogP contribution in [0.25, 0.3) is 33.2 Å². The van der Waals surface area contributed by atoms with Gasteiger partial charge in [-0.2, -0.15) is 28.3 Å². The summed E-state index contributed by atoms with van der Waals surface area (Å²) in [5, 5.41) is 2.52. The smallest absolute Gasteiger partial charge is 1.00 e. The van der Waals surface area contributed by atoms with E-state index in [1.54, 1.807) is 0 Å². The van der Waals surface area contributed by atoms with Gasteiger partial charge in [0.15, 0.2) is 0 Å². The number of hydrogen-bond donors (Lipinski definition) is 0. The Hall–Kier alpha value is -1.64. The van der Waals surface area contributed by atoms with Gasteiger partial charge in [-0.15, -0.1) is 29.0 Å². The van der Waals surface area contributed by atoms with Crippen LogP contribution in [0.4, 0.5) is 0 Å². The maximum Gasteiger partial charge on any atom is 4.00 e. The summed E-state index contributed by atoms with van der Waals surface area (Å²) >= 11 is 0. The molecule has 1 nitrogen and oxygen atoms in total. The Balaban J connectivity index is 0.000000698. The van der Waals surface area contributed by atoms with Gasteiger partial charge in [-0.1, -0.05) is 94.4 Å². The standard InChI is InChI=1S/C20H15O.C9H13.C2H7Si.2ClH.Zr/c1-14-10-11-20(21-14)17-12-16-8-5-9-18(19(16)13-17)15-6-3-2-4-7-15;1-6-5-7(2)9(4)8(6)3;1-3-2;;;/h2-13H,1H3;5H,1-4H3;3H,1-2H3;2*1H;/q2*-1;;;;+4/p-2. The van der Waals surface area contributed by atoms with E-state index in [-0.39, 0.29) is 51.0 Å². The van der Waals surface area contributed by atoms with Crippen molar-refractivity contribution in [1.29, 1.82) is 0 Å². The average molecular weight is 614 g/mol. The molecule has 0 fully saturated rings. The minimum Gasteiger partial charge on any atom is -1.00 e. The Labute approximate surface area is 251 Å². The molecule has 0 aliphatic rings. The molecule has 0 saturated heterocycles. The molecule has 0 N–H and O–H groups in total. The maximum absolute atomic E-state index is 5.74. The Morgan fingerprint density at radius 3 is 1.75 bits per heavy atom. The molecule has 1 radical (unpaired) electrons. The topological polar surface area (TPSA) is 13.1 Å². The molecule has 1 aromatic heterocycles. The first-order valence-corrected chi connectivity index (χ1v) is 13.9. The molecule has 0 unspecified atom stereocenters. The van der Waals surface area contributed by atoms with Crippen molar-refractivity contribution in [3.63, 3.8) is 0 Å². The molecule has 36 heavy (non-hydrogen) atoms. The molecular weight excluding hydrogens is 579 g/mol. The monoisotopic (exact) mass is 611 g/mol. The summed E-state index contributed by atoms with van der Waals surface area (Å²) in [7, 11) is 0.750. The molecule has 5 aromatic rings. The van der Waals surface area contributed by atoms with Crippen molar-refractivity contribution in [3.05, 3.63) is 107 Å². The average Bonchev–Trinajstić information content (AvgIpc) is 3.50. The van der Waals surface area contributed by atoms with Crippen LogP contribution in [0.3, 0.4) is 0 Å². The van der Waals surface area contributed by atoms with E-state index in [0.29, 0.717) is 0 Å².